The largest absolute Gasteiger partial charge is 0.206 e. The lowest BCUT2D eigenvalue weighted by atomic mass is 9.68. The second-order valence-corrected chi connectivity index (χ2v) is 10.7. The van der Waals surface area contributed by atoms with Crippen molar-refractivity contribution in [3.8, 4) is 0 Å². The lowest BCUT2D eigenvalue weighted by Crippen LogP contribution is -2.25. The van der Waals surface area contributed by atoms with E-state index in [0.717, 1.165) is 46.9 Å². The second kappa shape index (κ2) is 11.5. The van der Waals surface area contributed by atoms with Crippen molar-refractivity contribution in [2.45, 2.75) is 103 Å². The highest BCUT2D eigenvalue weighted by atomic mass is 19.1. The number of fused-ring (bicyclic) bond motifs is 1. The van der Waals surface area contributed by atoms with Gasteiger partial charge in [0, 0.05) is 5.39 Å². The van der Waals surface area contributed by atoms with Crippen LogP contribution in [0.25, 0.3) is 10.8 Å². The van der Waals surface area contributed by atoms with Gasteiger partial charge < -0.3 is 0 Å². The highest BCUT2D eigenvalue weighted by Gasteiger charge is 2.32. The first-order valence-electron chi connectivity index (χ1n) is 13.5. The fourth-order valence-electron chi connectivity index (χ4n) is 6.63. The molecule has 2 aromatic rings. The third-order valence-corrected chi connectivity index (χ3v) is 8.67. The standard InChI is InChI=1S/C31H43F/c1-3-5-7-9-23-10-13-25(14-11-23)26-15-17-27(18-16-26)29-21-19-28-22-24(8-6-4-2)12-20-30(28)31(29)32/h4,12,19-23,25-27H,2-3,5-11,13-18H2,1H3. The highest BCUT2D eigenvalue weighted by Crippen LogP contribution is 2.45. The summed E-state index contributed by atoms with van der Waals surface area (Å²) in [6.45, 7) is 6.11. The molecule has 32 heavy (non-hydrogen) atoms. The number of unbranched alkanes of at least 4 members (excludes halogenated alkanes) is 2. The first-order chi connectivity index (χ1) is 15.7. The minimum atomic E-state index is 0.0359. The van der Waals surface area contributed by atoms with Crippen LogP contribution in [-0.4, -0.2) is 0 Å². The summed E-state index contributed by atoms with van der Waals surface area (Å²) >= 11 is 0. The van der Waals surface area contributed by atoms with Crippen molar-refractivity contribution in [1.82, 2.24) is 0 Å². The van der Waals surface area contributed by atoms with E-state index in [-0.39, 0.29) is 5.82 Å². The third-order valence-electron chi connectivity index (χ3n) is 8.67. The summed E-state index contributed by atoms with van der Waals surface area (Å²) in [5.74, 6) is 3.26. The summed E-state index contributed by atoms with van der Waals surface area (Å²) in [6.07, 6.45) is 20.3. The van der Waals surface area contributed by atoms with E-state index in [1.807, 2.05) is 12.1 Å². The molecular formula is C31H43F. The Balaban J connectivity index is 1.32. The molecule has 2 fully saturated rings. The van der Waals surface area contributed by atoms with Gasteiger partial charge in [0.15, 0.2) is 0 Å². The van der Waals surface area contributed by atoms with Gasteiger partial charge >= 0.3 is 0 Å². The second-order valence-electron chi connectivity index (χ2n) is 10.7. The Hall–Kier alpha value is -1.63. The maximum absolute atomic E-state index is 15.4. The van der Waals surface area contributed by atoms with Crippen molar-refractivity contribution in [2.75, 3.05) is 0 Å². The van der Waals surface area contributed by atoms with Crippen molar-refractivity contribution in [3.63, 3.8) is 0 Å². The maximum atomic E-state index is 15.4. The molecule has 4 rings (SSSR count). The molecule has 0 N–H and O–H groups in total. The quantitative estimate of drug-likeness (QED) is 0.272. The molecule has 0 atom stereocenters. The summed E-state index contributed by atoms with van der Waals surface area (Å²) < 4.78 is 15.4. The van der Waals surface area contributed by atoms with Gasteiger partial charge in [-0.25, -0.2) is 4.39 Å². The molecule has 2 saturated carbocycles. The topological polar surface area (TPSA) is 0 Å². The zero-order valence-electron chi connectivity index (χ0n) is 20.3. The van der Waals surface area contributed by atoms with Gasteiger partial charge in [0.05, 0.1) is 0 Å². The Morgan fingerprint density at radius 3 is 2.31 bits per heavy atom. The molecule has 2 aliphatic rings. The van der Waals surface area contributed by atoms with Crippen LogP contribution in [0.1, 0.15) is 107 Å². The first-order valence-corrected chi connectivity index (χ1v) is 13.5. The number of hydrogen-bond donors (Lipinski definition) is 0. The summed E-state index contributed by atoms with van der Waals surface area (Å²) in [5.41, 5.74) is 2.24. The number of benzene rings is 2. The normalized spacial score (nSPS) is 26.3. The molecule has 0 aliphatic heterocycles. The summed E-state index contributed by atoms with van der Waals surface area (Å²) in [4.78, 5) is 0. The lowest BCUT2D eigenvalue weighted by molar-refractivity contribution is 0.155. The molecular weight excluding hydrogens is 391 g/mol. The average Bonchev–Trinajstić information content (AvgIpc) is 2.84. The minimum absolute atomic E-state index is 0.0359. The molecule has 0 heterocycles. The zero-order chi connectivity index (χ0) is 22.3. The van der Waals surface area contributed by atoms with Crippen LogP contribution in [0.5, 0.6) is 0 Å². The van der Waals surface area contributed by atoms with Crippen LogP contribution in [0.3, 0.4) is 0 Å². The molecule has 0 radical (unpaired) electrons. The summed E-state index contributed by atoms with van der Waals surface area (Å²) in [6, 6.07) is 10.5. The molecule has 1 heteroatoms. The van der Waals surface area contributed by atoms with Crippen LogP contribution in [-0.2, 0) is 6.42 Å². The van der Waals surface area contributed by atoms with E-state index in [2.05, 4.69) is 37.8 Å². The Labute approximate surface area is 195 Å². The maximum Gasteiger partial charge on any atom is 0.134 e. The first kappa shape index (κ1) is 23.5. The SMILES string of the molecule is C=CCCc1ccc2c(F)c(C3CCC(C4CCC(CCCCC)CC4)CC3)ccc2c1. The van der Waals surface area contributed by atoms with E-state index < -0.39 is 0 Å². The molecule has 0 saturated heterocycles. The van der Waals surface area contributed by atoms with E-state index in [4.69, 9.17) is 0 Å². The van der Waals surface area contributed by atoms with Crippen LogP contribution in [0.15, 0.2) is 43.0 Å². The Kier molecular flexibility index (Phi) is 8.44. The van der Waals surface area contributed by atoms with Gasteiger partial charge in [-0.15, -0.1) is 6.58 Å². The highest BCUT2D eigenvalue weighted by molar-refractivity contribution is 5.84. The summed E-state index contributed by atoms with van der Waals surface area (Å²) in [7, 11) is 0. The van der Waals surface area contributed by atoms with Gasteiger partial charge in [-0.3, -0.25) is 0 Å². The van der Waals surface area contributed by atoms with Gasteiger partial charge in [0.1, 0.15) is 5.82 Å². The Morgan fingerprint density at radius 2 is 1.62 bits per heavy atom. The number of rotatable bonds is 9. The van der Waals surface area contributed by atoms with Crippen molar-refractivity contribution < 1.29 is 4.39 Å². The molecule has 2 aliphatic carbocycles. The number of halogens is 1. The van der Waals surface area contributed by atoms with Crippen LogP contribution in [0.4, 0.5) is 4.39 Å². The van der Waals surface area contributed by atoms with Gasteiger partial charge in [-0.1, -0.05) is 81.9 Å². The van der Waals surface area contributed by atoms with Gasteiger partial charge in [0.25, 0.3) is 0 Å². The molecule has 0 amide bonds. The minimum Gasteiger partial charge on any atom is -0.206 e. The molecule has 174 valence electrons. The molecule has 0 unspecified atom stereocenters. The average molecular weight is 435 g/mol. The van der Waals surface area contributed by atoms with Crippen molar-refractivity contribution in [1.29, 1.82) is 0 Å². The molecule has 0 aromatic heterocycles. The van der Waals surface area contributed by atoms with Gasteiger partial charge in [-0.05, 0) is 91.6 Å². The fourth-order valence-corrected chi connectivity index (χ4v) is 6.63. The molecule has 0 spiro atoms. The summed E-state index contributed by atoms with van der Waals surface area (Å²) in [5, 5.41) is 1.84. The third kappa shape index (κ3) is 5.64. The predicted octanol–water partition coefficient (Wildman–Crippen LogP) is 9.76. The van der Waals surface area contributed by atoms with Gasteiger partial charge in [-0.2, -0.15) is 0 Å². The van der Waals surface area contributed by atoms with Crippen LogP contribution >= 0.6 is 0 Å². The van der Waals surface area contributed by atoms with Crippen molar-refractivity contribution in [2.24, 2.45) is 17.8 Å². The lowest BCUT2D eigenvalue weighted by Gasteiger charge is -2.38. The van der Waals surface area contributed by atoms with Crippen molar-refractivity contribution >= 4 is 10.8 Å². The Bertz CT molecular complexity index is 865. The number of aryl methyl sites for hydroxylation is 1. The zero-order valence-corrected chi connectivity index (χ0v) is 20.3. The van der Waals surface area contributed by atoms with E-state index in [0.29, 0.717) is 5.92 Å². The van der Waals surface area contributed by atoms with E-state index in [1.54, 1.807) is 0 Å². The predicted molar refractivity (Wildman–Crippen MR) is 137 cm³/mol. The van der Waals surface area contributed by atoms with E-state index in [1.165, 1.54) is 82.6 Å². The van der Waals surface area contributed by atoms with Crippen LogP contribution in [0.2, 0.25) is 0 Å². The van der Waals surface area contributed by atoms with Crippen LogP contribution < -0.4 is 0 Å². The smallest absolute Gasteiger partial charge is 0.134 e. The Morgan fingerprint density at radius 1 is 0.906 bits per heavy atom. The van der Waals surface area contributed by atoms with Gasteiger partial charge in [0.2, 0.25) is 0 Å². The number of hydrogen-bond acceptors (Lipinski definition) is 0. The monoisotopic (exact) mass is 434 g/mol. The fraction of sp³-hybridized carbons (Fsp3) is 0.613. The molecule has 2 aromatic carbocycles. The van der Waals surface area contributed by atoms with E-state index >= 15 is 4.39 Å². The molecule has 0 nitrogen and oxygen atoms in total. The number of allylic oxidation sites excluding steroid dienone is 1. The van der Waals surface area contributed by atoms with Crippen LogP contribution in [0, 0.1) is 23.6 Å². The van der Waals surface area contributed by atoms with E-state index in [9.17, 15) is 0 Å². The van der Waals surface area contributed by atoms with Crippen molar-refractivity contribution in [3.05, 3.63) is 59.9 Å². The molecule has 0 bridgehead atoms.